The van der Waals surface area contributed by atoms with E-state index in [2.05, 4.69) is 16.0 Å². The van der Waals surface area contributed by atoms with E-state index in [-0.39, 0.29) is 18.2 Å². The summed E-state index contributed by atoms with van der Waals surface area (Å²) in [6, 6.07) is 10.7. The molecule has 4 rings (SSSR count). The summed E-state index contributed by atoms with van der Waals surface area (Å²) in [5.74, 6) is -1.09. The van der Waals surface area contributed by atoms with Crippen molar-refractivity contribution in [2.45, 2.75) is 27.3 Å². The van der Waals surface area contributed by atoms with Gasteiger partial charge in [0.2, 0.25) is 5.78 Å². The number of Topliss-reactive ketones (excluding diaryl/α,β-unsaturated/α-hetero) is 1. The number of aryl methyl sites for hydroxylation is 2. The lowest BCUT2D eigenvalue weighted by atomic mass is 10.1. The Balaban J connectivity index is 1.39. The van der Waals surface area contributed by atoms with Crippen molar-refractivity contribution in [2.75, 3.05) is 11.9 Å². The molecule has 0 unspecified atom stereocenters. The first-order valence-electron chi connectivity index (χ1n) is 10.2. The minimum Gasteiger partial charge on any atom is -0.459 e. The number of carbonyl (C=O) groups is 3. The molecule has 4 aromatic heterocycles. The molecule has 7 nitrogen and oxygen atoms in total. The largest absolute Gasteiger partial charge is 0.459 e. The zero-order valence-electron chi connectivity index (χ0n) is 18.3. The number of hydrogen-bond donors (Lipinski definition) is 1. The van der Waals surface area contributed by atoms with Gasteiger partial charge in [-0.15, -0.1) is 22.7 Å². The minimum absolute atomic E-state index is 0.174. The smallest absolute Gasteiger partial charge is 0.349 e. The summed E-state index contributed by atoms with van der Waals surface area (Å²) in [6.07, 6.45) is 1.41. The van der Waals surface area contributed by atoms with Gasteiger partial charge in [0.1, 0.15) is 4.88 Å². The highest BCUT2D eigenvalue weighted by Crippen LogP contribution is 2.28. The molecule has 0 radical (unpaired) electrons. The van der Waals surface area contributed by atoms with Crippen molar-refractivity contribution in [1.29, 1.82) is 0 Å². The summed E-state index contributed by atoms with van der Waals surface area (Å²) >= 11 is 2.76. The molecule has 0 aliphatic carbocycles. The van der Waals surface area contributed by atoms with Gasteiger partial charge in [0.25, 0.3) is 5.91 Å². The van der Waals surface area contributed by atoms with Gasteiger partial charge < -0.3 is 19.0 Å². The average Bonchev–Trinajstić information content (AvgIpc) is 3.58. The standard InChI is InChI=1S/C24H22N2O5S2/c1-14-10-21(25-23(28)20-7-4-8-30-20)33-22(14)24(29)31-13-19(27)18-11-15(2)26(16(18)3)12-17-6-5-9-32-17/h4-11H,12-13H2,1-3H3,(H,25,28). The first-order chi connectivity index (χ1) is 15.8. The maximum Gasteiger partial charge on any atom is 0.349 e. The number of nitrogens with one attached hydrogen (secondary N) is 1. The van der Waals surface area contributed by atoms with Gasteiger partial charge in [-0.25, -0.2) is 4.79 Å². The molecule has 1 amide bonds. The Hall–Kier alpha value is -3.43. The van der Waals surface area contributed by atoms with Crippen molar-refractivity contribution in [2.24, 2.45) is 0 Å². The van der Waals surface area contributed by atoms with Crippen LogP contribution in [0.5, 0.6) is 0 Å². The number of esters is 1. The Bertz CT molecular complexity index is 1300. The quantitative estimate of drug-likeness (QED) is 0.266. The van der Waals surface area contributed by atoms with Crippen molar-refractivity contribution in [3.8, 4) is 0 Å². The summed E-state index contributed by atoms with van der Waals surface area (Å²) in [4.78, 5) is 39.1. The average molecular weight is 483 g/mol. The molecule has 0 saturated carbocycles. The topological polar surface area (TPSA) is 90.5 Å². The number of carbonyl (C=O) groups excluding carboxylic acids is 3. The molecule has 0 aromatic carbocycles. The number of ether oxygens (including phenoxy) is 1. The predicted octanol–water partition coefficient (Wildman–Crippen LogP) is 5.47. The van der Waals surface area contributed by atoms with E-state index in [0.29, 0.717) is 27.5 Å². The molecule has 4 heterocycles. The molecule has 1 N–H and O–H groups in total. The molecule has 170 valence electrons. The summed E-state index contributed by atoms with van der Waals surface area (Å²) < 4.78 is 12.5. The Kier molecular flexibility index (Phi) is 6.62. The molecule has 0 saturated heterocycles. The van der Waals surface area contributed by atoms with Crippen LogP contribution in [0, 0.1) is 20.8 Å². The number of furan rings is 1. The second kappa shape index (κ2) is 9.60. The summed E-state index contributed by atoms with van der Waals surface area (Å²) in [6.45, 7) is 5.94. The summed E-state index contributed by atoms with van der Waals surface area (Å²) in [7, 11) is 0. The molecule has 0 bridgehead atoms. The predicted molar refractivity (Wildman–Crippen MR) is 128 cm³/mol. The van der Waals surface area contributed by atoms with E-state index >= 15 is 0 Å². The Labute approximate surface area is 198 Å². The lowest BCUT2D eigenvalue weighted by Gasteiger charge is -2.08. The van der Waals surface area contributed by atoms with Crippen LogP contribution in [0.25, 0.3) is 0 Å². The van der Waals surface area contributed by atoms with Gasteiger partial charge >= 0.3 is 5.97 Å². The lowest BCUT2D eigenvalue weighted by molar-refractivity contribution is 0.0478. The third-order valence-corrected chi connectivity index (χ3v) is 7.18. The Morgan fingerprint density at radius 2 is 1.94 bits per heavy atom. The number of amides is 1. The zero-order chi connectivity index (χ0) is 23.5. The van der Waals surface area contributed by atoms with Gasteiger partial charge in [-0.2, -0.15) is 0 Å². The van der Waals surface area contributed by atoms with E-state index in [1.54, 1.807) is 36.5 Å². The first kappa shape index (κ1) is 22.8. The number of rotatable bonds is 8. The highest BCUT2D eigenvalue weighted by atomic mass is 32.1. The van der Waals surface area contributed by atoms with Crippen LogP contribution < -0.4 is 5.32 Å². The Morgan fingerprint density at radius 3 is 2.64 bits per heavy atom. The maximum absolute atomic E-state index is 12.8. The van der Waals surface area contributed by atoms with E-state index in [1.165, 1.54) is 11.1 Å². The fraction of sp³-hybridized carbons (Fsp3) is 0.208. The molecule has 0 fully saturated rings. The normalized spacial score (nSPS) is 10.9. The van der Waals surface area contributed by atoms with Crippen molar-refractivity contribution in [3.05, 3.63) is 86.1 Å². The van der Waals surface area contributed by atoms with Gasteiger partial charge in [0.15, 0.2) is 12.4 Å². The molecule has 0 atom stereocenters. The molecule has 9 heteroatoms. The van der Waals surface area contributed by atoms with Crippen molar-refractivity contribution in [3.63, 3.8) is 0 Å². The number of hydrogen-bond acceptors (Lipinski definition) is 7. The van der Waals surface area contributed by atoms with E-state index in [0.717, 1.165) is 22.7 Å². The van der Waals surface area contributed by atoms with Crippen molar-refractivity contribution in [1.82, 2.24) is 4.57 Å². The fourth-order valence-corrected chi connectivity index (χ4v) is 5.14. The second-order valence-electron chi connectivity index (χ2n) is 7.50. The van der Waals surface area contributed by atoms with Gasteiger partial charge in [0.05, 0.1) is 17.8 Å². The van der Waals surface area contributed by atoms with E-state index in [9.17, 15) is 14.4 Å². The van der Waals surface area contributed by atoms with Crippen LogP contribution in [0.15, 0.2) is 52.5 Å². The minimum atomic E-state index is -0.600. The van der Waals surface area contributed by atoms with Crippen LogP contribution in [0.2, 0.25) is 0 Å². The third kappa shape index (κ3) is 4.99. The lowest BCUT2D eigenvalue weighted by Crippen LogP contribution is -2.15. The molecular weight excluding hydrogens is 460 g/mol. The molecule has 0 aliphatic rings. The van der Waals surface area contributed by atoms with Crippen LogP contribution >= 0.6 is 22.7 Å². The number of anilines is 1. The zero-order valence-corrected chi connectivity index (χ0v) is 20.0. The molecular formula is C24H22N2O5S2. The van der Waals surface area contributed by atoms with Crippen LogP contribution in [0.4, 0.5) is 5.00 Å². The number of nitrogens with zero attached hydrogens (tertiary/aromatic N) is 1. The molecule has 33 heavy (non-hydrogen) atoms. The van der Waals surface area contributed by atoms with Gasteiger partial charge in [-0.05, 0) is 62.0 Å². The fourth-order valence-electron chi connectivity index (χ4n) is 3.49. The number of thiophene rings is 2. The van der Waals surface area contributed by atoms with Crippen LogP contribution in [0.1, 0.15) is 52.4 Å². The SMILES string of the molecule is Cc1cc(NC(=O)c2ccco2)sc1C(=O)OCC(=O)c1cc(C)n(Cc2cccs2)c1C. The second-order valence-corrected chi connectivity index (χ2v) is 9.59. The third-order valence-electron chi connectivity index (χ3n) is 5.19. The molecule has 0 spiro atoms. The van der Waals surface area contributed by atoms with E-state index < -0.39 is 11.9 Å². The van der Waals surface area contributed by atoms with Gasteiger partial charge in [0, 0.05) is 21.8 Å². The summed E-state index contributed by atoms with van der Waals surface area (Å²) in [5.41, 5.74) is 3.02. The van der Waals surface area contributed by atoms with Crippen molar-refractivity contribution < 1.29 is 23.5 Å². The maximum atomic E-state index is 12.8. The van der Waals surface area contributed by atoms with E-state index in [1.807, 2.05) is 31.4 Å². The van der Waals surface area contributed by atoms with Crippen LogP contribution in [0.3, 0.4) is 0 Å². The highest BCUT2D eigenvalue weighted by Gasteiger charge is 2.21. The van der Waals surface area contributed by atoms with E-state index in [4.69, 9.17) is 9.15 Å². The Morgan fingerprint density at radius 1 is 1.12 bits per heavy atom. The van der Waals surface area contributed by atoms with Crippen molar-refractivity contribution >= 4 is 45.3 Å². The van der Waals surface area contributed by atoms with Gasteiger partial charge in [-0.1, -0.05) is 6.07 Å². The molecule has 0 aliphatic heterocycles. The van der Waals surface area contributed by atoms with Crippen LogP contribution in [-0.4, -0.2) is 28.8 Å². The number of ketones is 1. The highest BCUT2D eigenvalue weighted by molar-refractivity contribution is 7.18. The number of aromatic nitrogens is 1. The monoisotopic (exact) mass is 482 g/mol. The molecule has 4 aromatic rings. The van der Waals surface area contributed by atoms with Crippen LogP contribution in [-0.2, 0) is 11.3 Å². The van der Waals surface area contributed by atoms with Gasteiger partial charge in [-0.3, -0.25) is 9.59 Å². The first-order valence-corrected chi connectivity index (χ1v) is 11.9. The summed E-state index contributed by atoms with van der Waals surface area (Å²) in [5, 5.41) is 5.21.